The number of benzene rings is 2. The lowest BCUT2D eigenvalue weighted by molar-refractivity contribution is 0.574. The highest BCUT2D eigenvalue weighted by atomic mass is 79.9. The molecule has 0 heterocycles. The van der Waals surface area contributed by atoms with Gasteiger partial charge in [0, 0.05) is 17.1 Å². The third-order valence-electron chi connectivity index (χ3n) is 3.80. The van der Waals surface area contributed by atoms with Crippen LogP contribution in [0.25, 0.3) is 0 Å². The van der Waals surface area contributed by atoms with Crippen molar-refractivity contribution in [3.05, 3.63) is 69.7 Å². The number of hydrogen-bond donors (Lipinski definition) is 1. The van der Waals surface area contributed by atoms with E-state index in [-0.39, 0.29) is 0 Å². The highest BCUT2D eigenvalue weighted by Gasteiger charge is 2.05. The van der Waals surface area contributed by atoms with E-state index in [4.69, 9.17) is 0 Å². The SMILES string of the molecule is CCCCc1ccc(C(C)NCc2cccc(Br)c2)cc1. The molecular weight excluding hydrogens is 322 g/mol. The van der Waals surface area contributed by atoms with E-state index >= 15 is 0 Å². The minimum Gasteiger partial charge on any atom is -0.306 e. The van der Waals surface area contributed by atoms with E-state index in [9.17, 15) is 0 Å². The van der Waals surface area contributed by atoms with E-state index in [2.05, 4.69) is 83.6 Å². The van der Waals surface area contributed by atoms with Gasteiger partial charge in [-0.1, -0.05) is 65.7 Å². The molecule has 2 heteroatoms. The van der Waals surface area contributed by atoms with Crippen molar-refractivity contribution in [1.29, 1.82) is 0 Å². The lowest BCUT2D eigenvalue weighted by atomic mass is 10.0. The first-order valence-corrected chi connectivity index (χ1v) is 8.55. The van der Waals surface area contributed by atoms with Gasteiger partial charge in [0.25, 0.3) is 0 Å². The molecule has 21 heavy (non-hydrogen) atoms. The topological polar surface area (TPSA) is 12.0 Å². The van der Waals surface area contributed by atoms with Gasteiger partial charge >= 0.3 is 0 Å². The molecular formula is C19H24BrN. The van der Waals surface area contributed by atoms with Crippen LogP contribution in [0.4, 0.5) is 0 Å². The molecule has 0 aliphatic heterocycles. The summed E-state index contributed by atoms with van der Waals surface area (Å²) in [5, 5.41) is 3.58. The van der Waals surface area contributed by atoms with Crippen molar-refractivity contribution in [1.82, 2.24) is 5.32 Å². The summed E-state index contributed by atoms with van der Waals surface area (Å²) in [6, 6.07) is 17.9. The van der Waals surface area contributed by atoms with Crippen LogP contribution in [0.1, 0.15) is 49.4 Å². The molecule has 2 rings (SSSR count). The second-order valence-corrected chi connectivity index (χ2v) is 6.49. The summed E-state index contributed by atoms with van der Waals surface area (Å²) in [5.41, 5.74) is 4.10. The number of rotatable bonds is 7. The zero-order valence-electron chi connectivity index (χ0n) is 12.9. The van der Waals surface area contributed by atoms with Gasteiger partial charge in [-0.2, -0.15) is 0 Å². The number of aryl methyl sites for hydroxylation is 1. The Morgan fingerprint density at radius 3 is 2.48 bits per heavy atom. The smallest absolute Gasteiger partial charge is 0.0294 e. The maximum atomic E-state index is 3.58. The second-order valence-electron chi connectivity index (χ2n) is 5.58. The van der Waals surface area contributed by atoms with Crippen molar-refractivity contribution in [2.75, 3.05) is 0 Å². The number of halogens is 1. The van der Waals surface area contributed by atoms with Gasteiger partial charge in [0.15, 0.2) is 0 Å². The standard InChI is InChI=1S/C19H24BrN/c1-3-4-6-16-9-11-18(12-10-16)15(2)21-14-17-7-5-8-19(20)13-17/h5,7-13,15,21H,3-4,6,14H2,1-2H3. The molecule has 0 bridgehead atoms. The average Bonchev–Trinajstić information content (AvgIpc) is 2.51. The summed E-state index contributed by atoms with van der Waals surface area (Å²) in [4.78, 5) is 0. The third kappa shape index (κ3) is 5.29. The van der Waals surface area contributed by atoms with Crippen molar-refractivity contribution in [3.8, 4) is 0 Å². The molecule has 0 saturated heterocycles. The molecule has 1 N–H and O–H groups in total. The molecule has 0 saturated carbocycles. The van der Waals surface area contributed by atoms with Gasteiger partial charge in [-0.15, -0.1) is 0 Å². The van der Waals surface area contributed by atoms with Crippen LogP contribution in [-0.2, 0) is 13.0 Å². The monoisotopic (exact) mass is 345 g/mol. The van der Waals surface area contributed by atoms with E-state index in [1.54, 1.807) is 0 Å². The van der Waals surface area contributed by atoms with Crippen LogP contribution < -0.4 is 5.32 Å². The van der Waals surface area contributed by atoms with Crippen LogP contribution >= 0.6 is 15.9 Å². The van der Waals surface area contributed by atoms with Gasteiger partial charge < -0.3 is 5.32 Å². The van der Waals surface area contributed by atoms with Crippen LogP contribution in [0.15, 0.2) is 53.0 Å². The molecule has 1 unspecified atom stereocenters. The molecule has 0 amide bonds. The van der Waals surface area contributed by atoms with Gasteiger partial charge in [0.2, 0.25) is 0 Å². The summed E-state index contributed by atoms with van der Waals surface area (Å²) >= 11 is 3.51. The number of nitrogens with one attached hydrogen (secondary N) is 1. The van der Waals surface area contributed by atoms with Gasteiger partial charge in [-0.05, 0) is 48.6 Å². The zero-order valence-corrected chi connectivity index (χ0v) is 14.5. The Labute approximate surface area is 136 Å². The van der Waals surface area contributed by atoms with Crippen molar-refractivity contribution in [2.24, 2.45) is 0 Å². The fourth-order valence-corrected chi connectivity index (χ4v) is 2.84. The Morgan fingerprint density at radius 1 is 1.05 bits per heavy atom. The molecule has 0 aromatic heterocycles. The van der Waals surface area contributed by atoms with Crippen molar-refractivity contribution >= 4 is 15.9 Å². The first-order chi connectivity index (χ1) is 10.2. The van der Waals surface area contributed by atoms with Gasteiger partial charge in [-0.25, -0.2) is 0 Å². The first-order valence-electron chi connectivity index (χ1n) is 7.75. The summed E-state index contributed by atoms with van der Waals surface area (Å²) in [5.74, 6) is 0. The maximum Gasteiger partial charge on any atom is 0.0294 e. The Kier molecular flexibility index (Phi) is 6.47. The fraction of sp³-hybridized carbons (Fsp3) is 0.368. The molecule has 1 nitrogen and oxygen atoms in total. The molecule has 112 valence electrons. The highest BCUT2D eigenvalue weighted by Crippen LogP contribution is 2.16. The van der Waals surface area contributed by atoms with Crippen molar-refractivity contribution < 1.29 is 0 Å². The Morgan fingerprint density at radius 2 is 1.81 bits per heavy atom. The number of hydrogen-bond acceptors (Lipinski definition) is 1. The van der Waals surface area contributed by atoms with E-state index in [1.165, 1.54) is 36.0 Å². The van der Waals surface area contributed by atoms with E-state index in [0.717, 1.165) is 11.0 Å². The van der Waals surface area contributed by atoms with Gasteiger partial charge in [-0.3, -0.25) is 0 Å². The summed E-state index contributed by atoms with van der Waals surface area (Å²) < 4.78 is 1.13. The highest BCUT2D eigenvalue weighted by molar-refractivity contribution is 9.10. The van der Waals surface area contributed by atoms with Crippen LogP contribution in [0.2, 0.25) is 0 Å². The van der Waals surface area contributed by atoms with Gasteiger partial charge in [0.05, 0.1) is 0 Å². The Hall–Kier alpha value is -1.12. The molecule has 2 aromatic rings. The van der Waals surface area contributed by atoms with Gasteiger partial charge in [0.1, 0.15) is 0 Å². The van der Waals surface area contributed by atoms with Crippen LogP contribution in [0.5, 0.6) is 0 Å². The summed E-state index contributed by atoms with van der Waals surface area (Å²) in [7, 11) is 0. The molecule has 0 fully saturated rings. The van der Waals surface area contributed by atoms with E-state index in [1.807, 2.05) is 0 Å². The molecule has 0 radical (unpaired) electrons. The Balaban J connectivity index is 1.89. The largest absolute Gasteiger partial charge is 0.306 e. The summed E-state index contributed by atoms with van der Waals surface area (Å²) in [6.07, 6.45) is 3.72. The fourth-order valence-electron chi connectivity index (χ4n) is 2.39. The maximum absolute atomic E-state index is 3.58. The third-order valence-corrected chi connectivity index (χ3v) is 4.29. The second kappa shape index (κ2) is 8.35. The minimum absolute atomic E-state index is 0.365. The predicted molar refractivity (Wildman–Crippen MR) is 94.5 cm³/mol. The lowest BCUT2D eigenvalue weighted by Gasteiger charge is -2.15. The normalized spacial score (nSPS) is 12.3. The molecule has 0 spiro atoms. The zero-order chi connectivity index (χ0) is 15.1. The number of unbranched alkanes of at least 4 members (excludes halogenated alkanes) is 1. The first kappa shape index (κ1) is 16.3. The molecule has 0 aliphatic rings. The predicted octanol–water partition coefficient (Wildman–Crippen LogP) is 5.64. The quantitative estimate of drug-likeness (QED) is 0.684. The van der Waals surface area contributed by atoms with Crippen molar-refractivity contribution in [3.63, 3.8) is 0 Å². The minimum atomic E-state index is 0.365. The van der Waals surface area contributed by atoms with Crippen LogP contribution in [0.3, 0.4) is 0 Å². The van der Waals surface area contributed by atoms with Crippen molar-refractivity contribution in [2.45, 2.75) is 45.7 Å². The average molecular weight is 346 g/mol. The molecule has 0 aliphatic carbocycles. The Bertz CT molecular complexity index is 548. The lowest BCUT2D eigenvalue weighted by Crippen LogP contribution is -2.18. The summed E-state index contributed by atoms with van der Waals surface area (Å²) in [6.45, 7) is 5.35. The molecule has 2 aromatic carbocycles. The van der Waals surface area contributed by atoms with E-state index < -0.39 is 0 Å². The molecule has 1 atom stereocenters. The van der Waals surface area contributed by atoms with Crippen LogP contribution in [0, 0.1) is 0 Å². The van der Waals surface area contributed by atoms with Crippen LogP contribution in [-0.4, -0.2) is 0 Å². The van der Waals surface area contributed by atoms with E-state index in [0.29, 0.717) is 6.04 Å².